The number of aliphatic hydroxyl groups is 2. The lowest BCUT2D eigenvalue weighted by atomic mass is 10.1. The van der Waals surface area contributed by atoms with Gasteiger partial charge in [0.2, 0.25) is 0 Å². The zero-order chi connectivity index (χ0) is 8.85. The molecule has 0 aliphatic carbocycles. The lowest BCUT2D eigenvalue weighted by molar-refractivity contribution is 0.0802. The van der Waals surface area contributed by atoms with Crippen LogP contribution in [0.2, 0.25) is 0 Å². The molecule has 0 amide bonds. The number of hydrogen-bond acceptors (Lipinski definition) is 4. The summed E-state index contributed by atoms with van der Waals surface area (Å²) >= 11 is 4.05. The maximum atomic E-state index is 9.34. The van der Waals surface area contributed by atoms with Crippen molar-refractivity contribution in [2.75, 3.05) is 5.75 Å². The van der Waals surface area contributed by atoms with Gasteiger partial charge in [0.25, 0.3) is 0 Å². The molecule has 11 heavy (non-hydrogen) atoms. The summed E-state index contributed by atoms with van der Waals surface area (Å²) < 4.78 is 0. The van der Waals surface area contributed by atoms with Crippen LogP contribution in [0.1, 0.15) is 20.3 Å². The standard InChI is InChI=1S/C7H17NO2S/c1-3-7(10)6(4-11)8-5(2)9/h5-11H,3-4H2,1-2H3. The van der Waals surface area contributed by atoms with E-state index < -0.39 is 12.3 Å². The Bertz CT molecular complexity index is 100. The van der Waals surface area contributed by atoms with E-state index in [1.54, 1.807) is 6.92 Å². The Morgan fingerprint density at radius 1 is 1.45 bits per heavy atom. The van der Waals surface area contributed by atoms with E-state index in [0.29, 0.717) is 12.2 Å². The van der Waals surface area contributed by atoms with Crippen molar-refractivity contribution in [1.82, 2.24) is 5.32 Å². The highest BCUT2D eigenvalue weighted by molar-refractivity contribution is 7.80. The molecule has 0 fully saturated rings. The first-order valence-corrected chi connectivity index (χ1v) is 4.48. The SMILES string of the molecule is CCC(O)C(CS)NC(C)O. The highest BCUT2D eigenvalue weighted by atomic mass is 32.1. The van der Waals surface area contributed by atoms with Gasteiger partial charge in [0.15, 0.2) is 0 Å². The number of rotatable bonds is 5. The molecule has 0 saturated carbocycles. The average molecular weight is 179 g/mol. The van der Waals surface area contributed by atoms with Crippen LogP contribution in [0.4, 0.5) is 0 Å². The van der Waals surface area contributed by atoms with Gasteiger partial charge in [0.1, 0.15) is 6.23 Å². The lowest BCUT2D eigenvalue weighted by Gasteiger charge is -2.22. The molecule has 0 aliphatic heterocycles. The molecule has 0 aliphatic rings. The van der Waals surface area contributed by atoms with Crippen molar-refractivity contribution in [2.24, 2.45) is 0 Å². The third-order valence-corrected chi connectivity index (χ3v) is 1.93. The lowest BCUT2D eigenvalue weighted by Crippen LogP contribution is -2.45. The summed E-state index contributed by atoms with van der Waals surface area (Å²) in [4.78, 5) is 0. The summed E-state index contributed by atoms with van der Waals surface area (Å²) in [5.41, 5.74) is 0. The zero-order valence-electron chi connectivity index (χ0n) is 6.99. The Balaban J connectivity index is 3.74. The Labute approximate surface area is 73.2 Å². The fourth-order valence-corrected chi connectivity index (χ4v) is 1.23. The molecule has 3 atom stereocenters. The Hall–Kier alpha value is 0.230. The Morgan fingerprint density at radius 2 is 2.00 bits per heavy atom. The van der Waals surface area contributed by atoms with E-state index in [9.17, 15) is 5.11 Å². The summed E-state index contributed by atoms with van der Waals surface area (Å²) in [5.74, 6) is 0.528. The van der Waals surface area contributed by atoms with Gasteiger partial charge in [-0.25, -0.2) is 0 Å². The van der Waals surface area contributed by atoms with Gasteiger partial charge in [-0.1, -0.05) is 6.92 Å². The van der Waals surface area contributed by atoms with E-state index >= 15 is 0 Å². The summed E-state index contributed by atoms with van der Waals surface area (Å²) in [6.45, 7) is 3.52. The van der Waals surface area contributed by atoms with Crippen LogP contribution in [-0.4, -0.2) is 34.3 Å². The topological polar surface area (TPSA) is 52.5 Å². The highest BCUT2D eigenvalue weighted by Crippen LogP contribution is 2.01. The molecular formula is C7H17NO2S. The Kier molecular flexibility index (Phi) is 5.95. The van der Waals surface area contributed by atoms with E-state index in [0.717, 1.165) is 0 Å². The number of thiol groups is 1. The van der Waals surface area contributed by atoms with Crippen molar-refractivity contribution in [3.05, 3.63) is 0 Å². The Morgan fingerprint density at radius 3 is 2.27 bits per heavy atom. The van der Waals surface area contributed by atoms with Crippen LogP contribution < -0.4 is 5.32 Å². The van der Waals surface area contributed by atoms with Gasteiger partial charge in [0, 0.05) is 11.8 Å². The molecule has 0 aromatic rings. The third-order valence-electron chi connectivity index (χ3n) is 1.53. The van der Waals surface area contributed by atoms with Crippen molar-refractivity contribution in [1.29, 1.82) is 0 Å². The molecular weight excluding hydrogens is 162 g/mol. The van der Waals surface area contributed by atoms with Gasteiger partial charge in [0.05, 0.1) is 6.10 Å². The normalized spacial score (nSPS) is 19.4. The van der Waals surface area contributed by atoms with Crippen LogP contribution in [0.5, 0.6) is 0 Å². The van der Waals surface area contributed by atoms with Gasteiger partial charge in [-0.05, 0) is 13.3 Å². The second-order valence-electron chi connectivity index (χ2n) is 2.61. The molecule has 0 aromatic heterocycles. The zero-order valence-corrected chi connectivity index (χ0v) is 7.88. The smallest absolute Gasteiger partial charge is 0.102 e. The van der Waals surface area contributed by atoms with E-state index in [1.807, 2.05) is 6.92 Å². The van der Waals surface area contributed by atoms with Crippen molar-refractivity contribution in [2.45, 2.75) is 38.6 Å². The molecule has 0 heterocycles. The maximum absolute atomic E-state index is 9.34. The van der Waals surface area contributed by atoms with Gasteiger partial charge in [-0.2, -0.15) is 12.6 Å². The molecule has 0 saturated heterocycles. The van der Waals surface area contributed by atoms with Crippen molar-refractivity contribution in [3.63, 3.8) is 0 Å². The number of nitrogens with one attached hydrogen (secondary N) is 1. The quantitative estimate of drug-likeness (QED) is 0.354. The van der Waals surface area contributed by atoms with Crippen LogP contribution in [0, 0.1) is 0 Å². The van der Waals surface area contributed by atoms with E-state index in [-0.39, 0.29) is 6.04 Å². The first-order chi connectivity index (χ1) is 5.11. The molecule has 3 unspecified atom stereocenters. The van der Waals surface area contributed by atoms with Crippen LogP contribution in [0.25, 0.3) is 0 Å². The van der Waals surface area contributed by atoms with Crippen molar-refractivity contribution in [3.8, 4) is 0 Å². The summed E-state index contributed by atoms with van der Waals surface area (Å²) in [6.07, 6.45) is -0.347. The maximum Gasteiger partial charge on any atom is 0.102 e. The molecule has 0 bridgehead atoms. The van der Waals surface area contributed by atoms with E-state index in [2.05, 4.69) is 17.9 Å². The molecule has 0 aromatic carbocycles. The largest absolute Gasteiger partial charge is 0.391 e. The van der Waals surface area contributed by atoms with Crippen molar-refractivity contribution < 1.29 is 10.2 Å². The molecule has 0 radical (unpaired) electrons. The van der Waals surface area contributed by atoms with Gasteiger partial charge in [-0.15, -0.1) is 0 Å². The van der Waals surface area contributed by atoms with Crippen LogP contribution >= 0.6 is 12.6 Å². The molecule has 68 valence electrons. The molecule has 0 spiro atoms. The summed E-state index contributed by atoms with van der Waals surface area (Å²) in [7, 11) is 0. The highest BCUT2D eigenvalue weighted by Gasteiger charge is 2.16. The first-order valence-electron chi connectivity index (χ1n) is 3.84. The summed E-state index contributed by atoms with van der Waals surface area (Å²) in [6, 6.07) is -0.122. The van der Waals surface area contributed by atoms with E-state index in [4.69, 9.17) is 5.11 Å². The second kappa shape index (κ2) is 5.83. The number of hydrogen-bond donors (Lipinski definition) is 4. The minimum atomic E-state index is -0.589. The van der Waals surface area contributed by atoms with Crippen LogP contribution in [0.15, 0.2) is 0 Å². The van der Waals surface area contributed by atoms with Gasteiger partial charge in [-0.3, -0.25) is 5.32 Å². The summed E-state index contributed by atoms with van der Waals surface area (Å²) in [5, 5.41) is 21.1. The third kappa shape index (κ3) is 4.63. The van der Waals surface area contributed by atoms with Gasteiger partial charge >= 0.3 is 0 Å². The van der Waals surface area contributed by atoms with Crippen molar-refractivity contribution >= 4 is 12.6 Å². The predicted octanol–water partition coefficient (Wildman–Crippen LogP) is -0.0164. The monoisotopic (exact) mass is 179 g/mol. The predicted molar refractivity (Wildman–Crippen MR) is 48.8 cm³/mol. The molecule has 3 nitrogen and oxygen atoms in total. The first kappa shape index (κ1) is 11.2. The molecule has 3 N–H and O–H groups in total. The minimum absolute atomic E-state index is 0.122. The van der Waals surface area contributed by atoms with Crippen LogP contribution in [0.3, 0.4) is 0 Å². The molecule has 4 heteroatoms. The van der Waals surface area contributed by atoms with Gasteiger partial charge < -0.3 is 10.2 Å². The average Bonchev–Trinajstić information content (AvgIpc) is 1.98. The van der Waals surface area contributed by atoms with Crippen LogP contribution in [-0.2, 0) is 0 Å². The number of aliphatic hydroxyl groups excluding tert-OH is 2. The molecule has 0 rings (SSSR count). The fraction of sp³-hybridized carbons (Fsp3) is 1.00. The van der Waals surface area contributed by atoms with E-state index in [1.165, 1.54) is 0 Å². The minimum Gasteiger partial charge on any atom is -0.391 e. The second-order valence-corrected chi connectivity index (χ2v) is 2.97. The fourth-order valence-electron chi connectivity index (χ4n) is 0.880.